The first kappa shape index (κ1) is 16.0. The first-order chi connectivity index (χ1) is 10.6. The Hall–Kier alpha value is -2.33. The van der Waals surface area contributed by atoms with Crippen LogP contribution in [0.1, 0.15) is 12.5 Å². The summed E-state index contributed by atoms with van der Waals surface area (Å²) in [5.74, 6) is 0.273. The number of rotatable bonds is 8. The quantitative estimate of drug-likeness (QED) is 0.462. The SMILES string of the molecule is C=CCN(CC=C)CCc1c[nH]c2ccc(OC(C)=O)cc12. The molecule has 0 bridgehead atoms. The summed E-state index contributed by atoms with van der Waals surface area (Å²) < 4.78 is 5.16. The number of carbonyl (C=O) groups excluding carboxylic acids is 1. The molecule has 1 N–H and O–H groups in total. The molecule has 0 radical (unpaired) electrons. The first-order valence-corrected chi connectivity index (χ1v) is 7.36. The number of aromatic amines is 1. The third kappa shape index (κ3) is 4.09. The number of aromatic nitrogens is 1. The van der Waals surface area contributed by atoms with Crippen LogP contribution in [0.4, 0.5) is 0 Å². The van der Waals surface area contributed by atoms with Gasteiger partial charge < -0.3 is 9.72 Å². The molecular weight excluding hydrogens is 276 g/mol. The fourth-order valence-electron chi connectivity index (χ4n) is 2.49. The molecule has 0 saturated carbocycles. The summed E-state index contributed by atoms with van der Waals surface area (Å²) >= 11 is 0. The number of hydrogen-bond acceptors (Lipinski definition) is 3. The molecule has 4 heteroatoms. The predicted molar refractivity (Wildman–Crippen MR) is 90.1 cm³/mol. The van der Waals surface area contributed by atoms with E-state index < -0.39 is 0 Å². The minimum Gasteiger partial charge on any atom is -0.427 e. The van der Waals surface area contributed by atoms with Gasteiger partial charge in [0.25, 0.3) is 0 Å². The highest BCUT2D eigenvalue weighted by atomic mass is 16.5. The molecule has 0 fully saturated rings. The lowest BCUT2D eigenvalue weighted by molar-refractivity contribution is -0.131. The lowest BCUT2D eigenvalue weighted by atomic mass is 10.1. The van der Waals surface area contributed by atoms with Crippen molar-refractivity contribution in [2.45, 2.75) is 13.3 Å². The molecule has 0 aliphatic heterocycles. The molecule has 0 aliphatic carbocycles. The normalized spacial score (nSPS) is 10.8. The first-order valence-electron chi connectivity index (χ1n) is 7.36. The number of hydrogen-bond donors (Lipinski definition) is 1. The maximum absolute atomic E-state index is 11.1. The summed E-state index contributed by atoms with van der Waals surface area (Å²) in [5.41, 5.74) is 2.26. The highest BCUT2D eigenvalue weighted by Gasteiger charge is 2.08. The van der Waals surface area contributed by atoms with Crippen molar-refractivity contribution in [3.8, 4) is 5.75 Å². The van der Waals surface area contributed by atoms with Gasteiger partial charge in [0.05, 0.1) is 0 Å². The Morgan fingerprint density at radius 2 is 2.05 bits per heavy atom. The van der Waals surface area contributed by atoms with Gasteiger partial charge >= 0.3 is 5.97 Å². The Labute approximate surface area is 131 Å². The van der Waals surface area contributed by atoms with Crippen molar-refractivity contribution in [1.82, 2.24) is 9.88 Å². The number of carbonyl (C=O) groups is 1. The van der Waals surface area contributed by atoms with E-state index in [9.17, 15) is 4.79 Å². The molecule has 0 spiro atoms. The molecule has 1 aromatic carbocycles. The highest BCUT2D eigenvalue weighted by Crippen LogP contribution is 2.24. The van der Waals surface area contributed by atoms with Crippen molar-refractivity contribution < 1.29 is 9.53 Å². The van der Waals surface area contributed by atoms with Crippen LogP contribution >= 0.6 is 0 Å². The molecule has 22 heavy (non-hydrogen) atoms. The fourth-order valence-corrected chi connectivity index (χ4v) is 2.49. The summed E-state index contributed by atoms with van der Waals surface area (Å²) in [6.07, 6.45) is 6.72. The van der Waals surface area contributed by atoms with Gasteiger partial charge in [-0.1, -0.05) is 12.2 Å². The van der Waals surface area contributed by atoms with Gasteiger partial charge in [-0.15, -0.1) is 13.2 Å². The molecule has 0 amide bonds. The van der Waals surface area contributed by atoms with Crippen molar-refractivity contribution in [2.75, 3.05) is 19.6 Å². The Morgan fingerprint density at radius 3 is 2.68 bits per heavy atom. The van der Waals surface area contributed by atoms with Crippen LogP contribution < -0.4 is 4.74 Å². The Bertz CT molecular complexity index is 663. The van der Waals surface area contributed by atoms with E-state index in [4.69, 9.17) is 4.74 Å². The molecule has 0 unspecified atom stereocenters. The number of nitrogens with one attached hydrogen (secondary N) is 1. The van der Waals surface area contributed by atoms with Crippen LogP contribution in [0.25, 0.3) is 10.9 Å². The number of nitrogens with zero attached hydrogens (tertiary/aromatic N) is 1. The number of ether oxygens (including phenoxy) is 1. The van der Waals surface area contributed by atoms with E-state index in [1.807, 2.05) is 30.5 Å². The van der Waals surface area contributed by atoms with Gasteiger partial charge in [0.1, 0.15) is 5.75 Å². The molecule has 4 nitrogen and oxygen atoms in total. The third-order valence-electron chi connectivity index (χ3n) is 3.47. The van der Waals surface area contributed by atoms with Crippen molar-refractivity contribution in [2.24, 2.45) is 0 Å². The number of fused-ring (bicyclic) bond motifs is 1. The van der Waals surface area contributed by atoms with Crippen molar-refractivity contribution >= 4 is 16.9 Å². The topological polar surface area (TPSA) is 45.3 Å². The molecule has 0 atom stereocenters. The second-order valence-corrected chi connectivity index (χ2v) is 5.20. The van der Waals surface area contributed by atoms with Crippen molar-refractivity contribution in [3.63, 3.8) is 0 Å². The second kappa shape index (κ2) is 7.61. The highest BCUT2D eigenvalue weighted by molar-refractivity contribution is 5.85. The lowest BCUT2D eigenvalue weighted by Gasteiger charge is -2.18. The number of H-pyrrole nitrogens is 1. The van der Waals surface area contributed by atoms with E-state index in [-0.39, 0.29) is 5.97 Å². The van der Waals surface area contributed by atoms with E-state index in [1.165, 1.54) is 12.5 Å². The van der Waals surface area contributed by atoms with Gasteiger partial charge in [0.15, 0.2) is 0 Å². The summed E-state index contributed by atoms with van der Waals surface area (Å²) in [5, 5.41) is 1.09. The molecule has 2 rings (SSSR count). The zero-order valence-corrected chi connectivity index (χ0v) is 13.0. The largest absolute Gasteiger partial charge is 0.427 e. The summed E-state index contributed by atoms with van der Waals surface area (Å²) in [7, 11) is 0. The Kier molecular flexibility index (Phi) is 5.55. The van der Waals surface area contributed by atoms with Gasteiger partial charge in [-0.2, -0.15) is 0 Å². The molecule has 116 valence electrons. The van der Waals surface area contributed by atoms with Crippen LogP contribution in [0.2, 0.25) is 0 Å². The molecular formula is C18H22N2O2. The van der Waals surface area contributed by atoms with Gasteiger partial charge in [-0.3, -0.25) is 9.69 Å². The van der Waals surface area contributed by atoms with E-state index in [2.05, 4.69) is 23.0 Å². The van der Waals surface area contributed by atoms with E-state index in [1.54, 1.807) is 6.07 Å². The summed E-state index contributed by atoms with van der Waals surface area (Å²) in [6, 6.07) is 5.64. The van der Waals surface area contributed by atoms with Gasteiger partial charge in [0, 0.05) is 43.7 Å². The minimum absolute atomic E-state index is 0.306. The van der Waals surface area contributed by atoms with Crippen LogP contribution in [0.5, 0.6) is 5.75 Å². The average Bonchev–Trinajstić information content (AvgIpc) is 2.87. The molecule has 0 saturated heterocycles. The van der Waals surface area contributed by atoms with Crippen molar-refractivity contribution in [1.29, 1.82) is 0 Å². The number of esters is 1. The predicted octanol–water partition coefficient (Wildman–Crippen LogP) is 3.31. The maximum Gasteiger partial charge on any atom is 0.308 e. The Morgan fingerprint density at radius 1 is 1.32 bits per heavy atom. The standard InChI is InChI=1S/C18H22N2O2/c1-4-9-20(10-5-2)11-8-15-13-19-18-7-6-16(12-17(15)18)22-14(3)21/h4-7,12-13,19H,1-2,8-11H2,3H3. The number of benzene rings is 1. The molecule has 2 aromatic rings. The van der Waals surface area contributed by atoms with Gasteiger partial charge in [-0.25, -0.2) is 0 Å². The van der Waals surface area contributed by atoms with Crippen LogP contribution in [-0.4, -0.2) is 35.5 Å². The molecule has 0 aliphatic rings. The van der Waals surface area contributed by atoms with E-state index >= 15 is 0 Å². The lowest BCUT2D eigenvalue weighted by Crippen LogP contribution is -2.26. The zero-order chi connectivity index (χ0) is 15.9. The van der Waals surface area contributed by atoms with Crippen LogP contribution in [-0.2, 0) is 11.2 Å². The average molecular weight is 298 g/mol. The monoisotopic (exact) mass is 298 g/mol. The summed E-state index contributed by atoms with van der Waals surface area (Å²) in [4.78, 5) is 16.6. The van der Waals surface area contributed by atoms with Gasteiger partial charge in [0.2, 0.25) is 0 Å². The maximum atomic E-state index is 11.1. The van der Waals surface area contributed by atoms with E-state index in [0.717, 1.165) is 37.0 Å². The van der Waals surface area contributed by atoms with Gasteiger partial charge in [-0.05, 0) is 30.2 Å². The van der Waals surface area contributed by atoms with Crippen LogP contribution in [0, 0.1) is 0 Å². The minimum atomic E-state index is -0.306. The third-order valence-corrected chi connectivity index (χ3v) is 3.47. The second-order valence-electron chi connectivity index (χ2n) is 5.20. The molecule has 1 aromatic heterocycles. The zero-order valence-electron chi connectivity index (χ0n) is 13.0. The van der Waals surface area contributed by atoms with Crippen molar-refractivity contribution in [3.05, 3.63) is 55.3 Å². The van der Waals surface area contributed by atoms with Crippen LogP contribution in [0.3, 0.4) is 0 Å². The smallest absolute Gasteiger partial charge is 0.308 e. The summed E-state index contributed by atoms with van der Waals surface area (Å²) in [6.45, 7) is 11.6. The van der Waals surface area contributed by atoms with E-state index in [0.29, 0.717) is 5.75 Å². The Balaban J connectivity index is 2.14. The molecule has 1 heterocycles. The fraction of sp³-hybridized carbons (Fsp3) is 0.278. The van der Waals surface area contributed by atoms with Crippen LogP contribution in [0.15, 0.2) is 49.7 Å².